The van der Waals surface area contributed by atoms with E-state index in [1.54, 1.807) is 19.0 Å². The Balaban J connectivity index is 1.88. The number of amides is 2. The van der Waals surface area contributed by atoms with E-state index in [4.69, 9.17) is 4.74 Å². The topological polar surface area (TPSA) is 86.3 Å². The zero-order valence-corrected chi connectivity index (χ0v) is 19.3. The minimum absolute atomic E-state index is 0.0318. The summed E-state index contributed by atoms with van der Waals surface area (Å²) in [7, 11) is 3.47. The molecule has 0 aromatic rings. The summed E-state index contributed by atoms with van der Waals surface area (Å²) in [5.74, 6) is 1.05. The summed E-state index contributed by atoms with van der Waals surface area (Å²) in [4.78, 5) is 32.7. The number of nitrogens with zero attached hydrogens (tertiary/aromatic N) is 3. The molecule has 0 bridgehead atoms. The van der Waals surface area contributed by atoms with Gasteiger partial charge in [-0.15, -0.1) is 0 Å². The lowest BCUT2D eigenvalue weighted by molar-refractivity contribution is -0.136. The molecule has 2 aliphatic rings. The molecule has 2 N–H and O–H groups in total. The quantitative estimate of drug-likeness (QED) is 0.458. The molecular formula is C22H41N5O3. The van der Waals surface area contributed by atoms with Crippen LogP contribution in [-0.2, 0) is 14.3 Å². The highest BCUT2D eigenvalue weighted by molar-refractivity contribution is 5.85. The van der Waals surface area contributed by atoms with Crippen molar-refractivity contribution in [1.29, 1.82) is 0 Å². The Bertz CT molecular complexity index is 563. The summed E-state index contributed by atoms with van der Waals surface area (Å²) >= 11 is 0. The van der Waals surface area contributed by atoms with Gasteiger partial charge in [-0.25, -0.2) is 4.99 Å². The zero-order valence-electron chi connectivity index (χ0n) is 19.3. The lowest BCUT2D eigenvalue weighted by atomic mass is 9.98. The molecule has 8 nitrogen and oxygen atoms in total. The molecule has 2 heterocycles. The molecule has 2 fully saturated rings. The van der Waals surface area contributed by atoms with Crippen molar-refractivity contribution in [2.75, 3.05) is 46.9 Å². The van der Waals surface area contributed by atoms with Crippen molar-refractivity contribution in [1.82, 2.24) is 20.4 Å². The van der Waals surface area contributed by atoms with Crippen LogP contribution in [0.1, 0.15) is 58.8 Å². The van der Waals surface area contributed by atoms with Crippen LogP contribution in [0.25, 0.3) is 0 Å². The molecule has 2 aliphatic heterocycles. The van der Waals surface area contributed by atoms with Crippen LogP contribution < -0.4 is 10.6 Å². The van der Waals surface area contributed by atoms with E-state index >= 15 is 0 Å². The lowest BCUT2D eigenvalue weighted by Gasteiger charge is -2.35. The zero-order chi connectivity index (χ0) is 21.9. The molecule has 0 spiro atoms. The Kier molecular flexibility index (Phi) is 10.4. The minimum Gasteiger partial charge on any atom is -0.376 e. The van der Waals surface area contributed by atoms with E-state index in [0.717, 1.165) is 58.2 Å². The van der Waals surface area contributed by atoms with Crippen LogP contribution in [0, 0.1) is 5.92 Å². The maximum Gasteiger partial charge on any atom is 0.243 e. The first-order chi connectivity index (χ1) is 14.4. The molecule has 172 valence electrons. The van der Waals surface area contributed by atoms with E-state index in [0.29, 0.717) is 12.5 Å². The van der Waals surface area contributed by atoms with Gasteiger partial charge in [-0.05, 0) is 44.9 Å². The molecule has 1 unspecified atom stereocenters. The van der Waals surface area contributed by atoms with Crippen molar-refractivity contribution >= 4 is 17.8 Å². The van der Waals surface area contributed by atoms with Gasteiger partial charge >= 0.3 is 0 Å². The van der Waals surface area contributed by atoms with Crippen molar-refractivity contribution in [2.24, 2.45) is 10.9 Å². The molecule has 2 amide bonds. The normalized spacial score (nSPS) is 20.9. The number of ether oxygens (including phenoxy) is 1. The smallest absolute Gasteiger partial charge is 0.243 e. The number of likely N-dealkylation sites (N-methyl/N-ethyl adjacent to an activating group) is 1. The van der Waals surface area contributed by atoms with E-state index in [9.17, 15) is 9.59 Å². The molecule has 0 saturated carbocycles. The largest absolute Gasteiger partial charge is 0.376 e. The van der Waals surface area contributed by atoms with E-state index in [1.807, 2.05) is 4.90 Å². The summed E-state index contributed by atoms with van der Waals surface area (Å²) < 4.78 is 5.80. The molecule has 0 aromatic carbocycles. The monoisotopic (exact) mass is 423 g/mol. The third-order valence-corrected chi connectivity index (χ3v) is 6.12. The van der Waals surface area contributed by atoms with Gasteiger partial charge in [0, 0.05) is 52.3 Å². The van der Waals surface area contributed by atoms with Crippen molar-refractivity contribution in [2.45, 2.75) is 70.9 Å². The number of guanidine groups is 1. The molecule has 2 saturated heterocycles. The summed E-state index contributed by atoms with van der Waals surface area (Å²) in [6, 6.07) is 0.240. The Morgan fingerprint density at radius 2 is 1.83 bits per heavy atom. The Hall–Kier alpha value is -1.83. The first-order valence-electron chi connectivity index (χ1n) is 11.6. The van der Waals surface area contributed by atoms with Gasteiger partial charge in [0.1, 0.15) is 6.54 Å². The average Bonchev–Trinajstić information content (AvgIpc) is 2.77. The van der Waals surface area contributed by atoms with Gasteiger partial charge in [-0.3, -0.25) is 9.59 Å². The van der Waals surface area contributed by atoms with Gasteiger partial charge in [0.05, 0.1) is 6.10 Å². The first kappa shape index (κ1) is 24.4. The summed E-state index contributed by atoms with van der Waals surface area (Å²) in [5.41, 5.74) is 0. The maximum atomic E-state index is 12.6. The number of likely N-dealkylation sites (tertiary alicyclic amines) is 1. The van der Waals surface area contributed by atoms with Crippen LogP contribution in [0.3, 0.4) is 0 Å². The molecule has 0 aliphatic carbocycles. The average molecular weight is 424 g/mol. The van der Waals surface area contributed by atoms with Gasteiger partial charge < -0.3 is 25.2 Å². The maximum absolute atomic E-state index is 12.6. The van der Waals surface area contributed by atoms with E-state index < -0.39 is 0 Å². The van der Waals surface area contributed by atoms with Crippen LogP contribution in [0.15, 0.2) is 4.99 Å². The van der Waals surface area contributed by atoms with E-state index in [1.165, 1.54) is 6.42 Å². The Morgan fingerprint density at radius 1 is 1.13 bits per heavy atom. The predicted molar refractivity (Wildman–Crippen MR) is 119 cm³/mol. The number of nitrogens with one attached hydrogen (secondary N) is 2. The number of aliphatic imine (C=N–C) groups is 1. The van der Waals surface area contributed by atoms with Gasteiger partial charge in [-0.1, -0.05) is 13.8 Å². The fraction of sp³-hybridized carbons (Fsp3) is 0.864. The van der Waals surface area contributed by atoms with E-state index in [-0.39, 0.29) is 36.4 Å². The highest BCUT2D eigenvalue weighted by atomic mass is 16.5. The SMILES string of the molecule is CCC(CC)C(=O)N1CCC(NC(=NCC(=O)N(C)C)NCC2CCCCO2)CC1. The van der Waals surface area contributed by atoms with E-state index in [2.05, 4.69) is 29.5 Å². The van der Waals surface area contributed by atoms with Crippen LogP contribution in [-0.4, -0.2) is 86.6 Å². The molecule has 2 rings (SSSR count). The summed E-state index contributed by atoms with van der Waals surface area (Å²) in [6.45, 7) is 7.31. The predicted octanol–water partition coefficient (Wildman–Crippen LogP) is 1.61. The lowest BCUT2D eigenvalue weighted by Crippen LogP contribution is -2.52. The Morgan fingerprint density at radius 3 is 2.40 bits per heavy atom. The van der Waals surface area contributed by atoms with Crippen molar-refractivity contribution in [3.63, 3.8) is 0 Å². The van der Waals surface area contributed by atoms with Gasteiger partial charge in [0.25, 0.3) is 0 Å². The van der Waals surface area contributed by atoms with Gasteiger partial charge in [0.2, 0.25) is 11.8 Å². The minimum atomic E-state index is -0.0318. The van der Waals surface area contributed by atoms with Gasteiger partial charge in [0.15, 0.2) is 5.96 Å². The van der Waals surface area contributed by atoms with Crippen molar-refractivity contribution in [3.05, 3.63) is 0 Å². The number of piperidine rings is 1. The number of rotatable bonds is 8. The Labute approximate surface area is 181 Å². The van der Waals surface area contributed by atoms with Crippen LogP contribution in [0.4, 0.5) is 0 Å². The number of carbonyl (C=O) groups excluding carboxylic acids is 2. The van der Waals surface area contributed by atoms with Crippen LogP contribution >= 0.6 is 0 Å². The second kappa shape index (κ2) is 12.8. The molecular weight excluding hydrogens is 382 g/mol. The fourth-order valence-corrected chi connectivity index (χ4v) is 3.95. The first-order valence-corrected chi connectivity index (χ1v) is 11.6. The molecule has 0 aromatic heterocycles. The highest BCUT2D eigenvalue weighted by Crippen LogP contribution is 2.17. The summed E-state index contributed by atoms with van der Waals surface area (Å²) in [5, 5.41) is 6.85. The van der Waals surface area contributed by atoms with Crippen LogP contribution in [0.5, 0.6) is 0 Å². The number of carbonyl (C=O) groups is 2. The van der Waals surface area contributed by atoms with Crippen LogP contribution in [0.2, 0.25) is 0 Å². The fourth-order valence-electron chi connectivity index (χ4n) is 3.95. The molecule has 1 atom stereocenters. The number of hydrogen-bond donors (Lipinski definition) is 2. The molecule has 8 heteroatoms. The second-order valence-electron chi connectivity index (χ2n) is 8.58. The highest BCUT2D eigenvalue weighted by Gasteiger charge is 2.27. The second-order valence-corrected chi connectivity index (χ2v) is 8.58. The third kappa shape index (κ3) is 7.78. The van der Waals surface area contributed by atoms with Crippen molar-refractivity contribution < 1.29 is 14.3 Å². The number of hydrogen-bond acceptors (Lipinski definition) is 4. The molecule has 0 radical (unpaired) electrons. The van der Waals surface area contributed by atoms with Crippen molar-refractivity contribution in [3.8, 4) is 0 Å². The third-order valence-electron chi connectivity index (χ3n) is 6.12. The summed E-state index contributed by atoms with van der Waals surface area (Å²) in [6.07, 6.45) is 7.12. The standard InChI is InChI=1S/C22H41N5O3/c1-5-17(6-2)21(29)27-12-10-18(11-13-27)25-22(24-16-20(28)26(3)4)23-15-19-9-7-8-14-30-19/h17-19H,5-16H2,1-4H3,(H2,23,24,25). The van der Waals surface area contributed by atoms with Gasteiger partial charge in [-0.2, -0.15) is 0 Å². The molecule has 30 heavy (non-hydrogen) atoms.